The average molecular weight is 429 g/mol. The van der Waals surface area contributed by atoms with E-state index in [1.807, 2.05) is 0 Å². The van der Waals surface area contributed by atoms with Crippen molar-refractivity contribution >= 4 is 34.8 Å². The molecule has 8 heteroatoms. The van der Waals surface area contributed by atoms with Crippen molar-refractivity contribution in [3.8, 4) is 0 Å². The van der Waals surface area contributed by atoms with E-state index >= 15 is 0 Å². The second-order valence-electron chi connectivity index (χ2n) is 7.27. The number of amides is 1. The Bertz CT molecular complexity index is 1220. The second-order valence-corrected chi connectivity index (χ2v) is 7.27. The average Bonchev–Trinajstić information content (AvgIpc) is 3.09. The summed E-state index contributed by atoms with van der Waals surface area (Å²) in [6.07, 6.45) is 0. The Morgan fingerprint density at radius 2 is 1.44 bits per heavy atom. The van der Waals surface area contributed by atoms with Crippen molar-refractivity contribution in [3.63, 3.8) is 0 Å². The van der Waals surface area contributed by atoms with E-state index in [2.05, 4.69) is 0 Å². The van der Waals surface area contributed by atoms with Crippen molar-refractivity contribution in [2.75, 3.05) is 4.90 Å². The van der Waals surface area contributed by atoms with Crippen molar-refractivity contribution in [1.29, 1.82) is 0 Å². The summed E-state index contributed by atoms with van der Waals surface area (Å²) < 4.78 is 0. The molecule has 32 heavy (non-hydrogen) atoms. The van der Waals surface area contributed by atoms with Gasteiger partial charge in [-0.05, 0) is 29.8 Å². The molecule has 0 aliphatic carbocycles. The van der Waals surface area contributed by atoms with Gasteiger partial charge in [0.15, 0.2) is 5.78 Å². The summed E-state index contributed by atoms with van der Waals surface area (Å²) in [7, 11) is 0. The maximum absolute atomic E-state index is 13.3. The minimum atomic E-state index is -1.30. The molecule has 8 nitrogen and oxygen atoms in total. The highest BCUT2D eigenvalue weighted by Crippen LogP contribution is 2.41. The fraction of sp³-hybridized carbons (Fsp3) is 0.0833. The molecule has 1 fully saturated rings. The minimum absolute atomic E-state index is 0.0195. The predicted octanol–water partition coefficient (Wildman–Crippen LogP) is 2.02. The molecule has 0 aromatic heterocycles. The number of carboxylic acid groups (broad SMARTS) is 1. The molecule has 0 spiro atoms. The summed E-state index contributed by atoms with van der Waals surface area (Å²) in [5.41, 5.74) is 1.37. The third-order valence-corrected chi connectivity index (χ3v) is 5.41. The van der Waals surface area contributed by atoms with Crippen LogP contribution in [0.15, 0.2) is 78.9 Å². The number of aromatic carboxylic acids is 1. The Morgan fingerprint density at radius 3 is 2.00 bits per heavy atom. The predicted molar refractivity (Wildman–Crippen MR) is 113 cm³/mol. The van der Waals surface area contributed by atoms with Gasteiger partial charge in [0.2, 0.25) is 5.78 Å². The molecule has 3 aromatic carbocycles. The number of rotatable bonds is 6. The molecule has 0 radical (unpaired) electrons. The molecule has 2 N–H and O–H groups in total. The number of hydrogen-bond donors (Lipinski definition) is 2. The van der Waals surface area contributed by atoms with E-state index in [1.165, 1.54) is 41.3 Å². The van der Waals surface area contributed by atoms with Crippen molar-refractivity contribution in [2.24, 2.45) is 5.92 Å². The monoisotopic (exact) mass is 429 g/mol. The van der Waals surface area contributed by atoms with E-state index in [4.69, 9.17) is 5.11 Å². The highest BCUT2D eigenvalue weighted by molar-refractivity contribution is 6.49. The van der Waals surface area contributed by atoms with Gasteiger partial charge in [0, 0.05) is 33.5 Å². The van der Waals surface area contributed by atoms with Gasteiger partial charge in [-0.15, -0.1) is 0 Å². The highest BCUT2D eigenvalue weighted by atomic mass is 16.4. The number of Topliss-reactive ketones (excluding diaryl/α,β-unsaturated/α-hetero) is 2. The van der Waals surface area contributed by atoms with Crippen LogP contribution in [-0.4, -0.2) is 28.5 Å². The van der Waals surface area contributed by atoms with Gasteiger partial charge in [0.25, 0.3) is 11.6 Å². The fourth-order valence-electron chi connectivity index (χ4n) is 3.85. The SMILES string of the molecule is O=[NH+]c1ccc(C2C(C(=O)c3ccccc3)C(=O)C(=O)N2c2ccc(C(=O)O)cc2)cc1. The normalized spacial score (nSPS) is 17.9. The van der Waals surface area contributed by atoms with E-state index in [-0.39, 0.29) is 16.9 Å². The molecule has 0 bridgehead atoms. The minimum Gasteiger partial charge on any atom is -0.478 e. The Hall–Kier alpha value is -4.46. The lowest BCUT2D eigenvalue weighted by Gasteiger charge is -2.27. The van der Waals surface area contributed by atoms with Crippen LogP contribution < -0.4 is 10.1 Å². The number of carboxylic acids is 1. The van der Waals surface area contributed by atoms with Crippen molar-refractivity contribution in [2.45, 2.75) is 6.04 Å². The lowest BCUT2D eigenvalue weighted by molar-refractivity contribution is -0.379. The van der Waals surface area contributed by atoms with Crippen LogP contribution in [0.3, 0.4) is 0 Å². The maximum Gasteiger partial charge on any atom is 0.335 e. The number of hydrogen-bond acceptors (Lipinski definition) is 5. The molecular formula is C24H17N2O6+. The number of nitroso groups, excluding NO2 is 1. The topological polar surface area (TPSA) is 123 Å². The van der Waals surface area contributed by atoms with Crippen LogP contribution in [0.4, 0.5) is 11.4 Å². The third kappa shape index (κ3) is 3.58. The molecule has 3 aromatic rings. The summed E-state index contributed by atoms with van der Waals surface area (Å²) in [6, 6.07) is 18.9. The first-order valence-electron chi connectivity index (χ1n) is 9.70. The third-order valence-electron chi connectivity index (χ3n) is 5.41. The van der Waals surface area contributed by atoms with Gasteiger partial charge in [-0.3, -0.25) is 19.3 Å². The molecule has 1 aliphatic heterocycles. The zero-order valence-electron chi connectivity index (χ0n) is 16.6. The van der Waals surface area contributed by atoms with Crippen molar-refractivity contribution in [1.82, 2.24) is 0 Å². The molecule has 1 aliphatic rings. The zero-order valence-corrected chi connectivity index (χ0v) is 16.6. The molecule has 158 valence electrons. The van der Waals surface area contributed by atoms with Gasteiger partial charge in [-0.25, -0.2) is 4.79 Å². The number of carbonyl (C=O) groups is 4. The van der Waals surface area contributed by atoms with Crippen LogP contribution in [0.25, 0.3) is 0 Å². The fourth-order valence-corrected chi connectivity index (χ4v) is 3.85. The summed E-state index contributed by atoms with van der Waals surface area (Å²) in [4.78, 5) is 62.6. The summed E-state index contributed by atoms with van der Waals surface area (Å²) >= 11 is 0. The lowest BCUT2D eigenvalue weighted by atomic mass is 9.86. The number of carbonyl (C=O) groups excluding carboxylic acids is 3. The number of anilines is 1. The van der Waals surface area contributed by atoms with E-state index in [9.17, 15) is 24.1 Å². The molecule has 1 amide bonds. The van der Waals surface area contributed by atoms with E-state index in [1.54, 1.807) is 47.6 Å². The largest absolute Gasteiger partial charge is 0.478 e. The first kappa shape index (κ1) is 20.8. The van der Waals surface area contributed by atoms with Crippen LogP contribution >= 0.6 is 0 Å². The van der Waals surface area contributed by atoms with Crippen LogP contribution in [-0.2, 0) is 9.59 Å². The van der Waals surface area contributed by atoms with Crippen molar-refractivity contribution < 1.29 is 29.5 Å². The van der Waals surface area contributed by atoms with Gasteiger partial charge in [0.1, 0.15) is 5.92 Å². The number of nitrogens with one attached hydrogen (secondary N) is 1. The molecule has 0 saturated carbocycles. The quantitative estimate of drug-likeness (QED) is 0.351. The van der Waals surface area contributed by atoms with Crippen LogP contribution in [0.5, 0.6) is 0 Å². The van der Waals surface area contributed by atoms with Gasteiger partial charge in [-0.1, -0.05) is 42.5 Å². The molecule has 4 rings (SSSR count). The second kappa shape index (κ2) is 8.35. The molecular weight excluding hydrogens is 412 g/mol. The Kier molecular flexibility index (Phi) is 5.43. The smallest absolute Gasteiger partial charge is 0.335 e. The van der Waals surface area contributed by atoms with Crippen LogP contribution in [0.1, 0.15) is 32.3 Å². The molecule has 2 atom stereocenters. The zero-order chi connectivity index (χ0) is 22.8. The highest BCUT2D eigenvalue weighted by Gasteiger charge is 2.52. The Labute approximate surface area is 182 Å². The molecule has 1 heterocycles. The number of nitrogens with zero attached hydrogens (tertiary/aromatic N) is 1. The lowest BCUT2D eigenvalue weighted by Crippen LogP contribution is -2.55. The van der Waals surface area contributed by atoms with E-state index < -0.39 is 35.4 Å². The van der Waals surface area contributed by atoms with Crippen LogP contribution in [0, 0.1) is 10.8 Å². The van der Waals surface area contributed by atoms with Crippen molar-refractivity contribution in [3.05, 3.63) is 100 Å². The first-order valence-corrected chi connectivity index (χ1v) is 9.70. The number of ketones is 2. The summed E-state index contributed by atoms with van der Waals surface area (Å²) in [5.74, 6) is -4.63. The van der Waals surface area contributed by atoms with Gasteiger partial charge in [-0.2, -0.15) is 0 Å². The standard InChI is InChI=1S/C24H16N2O6/c27-21(15-4-2-1-3-5-15)19-20(14-6-10-17(25-32)11-7-14)26(23(29)22(19)28)18-12-8-16(9-13-18)24(30)31/h1-13,19-20H,(H,30,31)/p+1. The van der Waals surface area contributed by atoms with E-state index in [0.29, 0.717) is 11.1 Å². The van der Waals surface area contributed by atoms with Crippen LogP contribution in [0.2, 0.25) is 0 Å². The summed E-state index contributed by atoms with van der Waals surface area (Å²) in [5, 5.41) is 10.9. The number of benzene rings is 3. The van der Waals surface area contributed by atoms with Gasteiger partial charge >= 0.3 is 5.97 Å². The van der Waals surface area contributed by atoms with Gasteiger partial charge in [0.05, 0.1) is 11.6 Å². The molecule has 1 saturated heterocycles. The van der Waals surface area contributed by atoms with Gasteiger partial charge < -0.3 is 5.11 Å². The summed E-state index contributed by atoms with van der Waals surface area (Å²) in [6.45, 7) is 0. The van der Waals surface area contributed by atoms with E-state index in [0.717, 1.165) is 0 Å². The maximum atomic E-state index is 13.3. The Morgan fingerprint density at radius 1 is 0.812 bits per heavy atom. The Balaban J connectivity index is 1.84. The molecule has 2 unspecified atom stereocenters. The first-order chi connectivity index (χ1) is 15.4.